The monoisotopic (exact) mass is 562 g/mol. The summed E-state index contributed by atoms with van der Waals surface area (Å²) in [5.41, 5.74) is 0. The summed E-state index contributed by atoms with van der Waals surface area (Å²) in [7, 11) is 0. The smallest absolute Gasteiger partial charge is 0.317 e. The Bertz CT molecular complexity index is 734. The minimum Gasteiger partial charge on any atom is -0.466 e. The molecule has 0 aromatic heterocycles. The third-order valence-corrected chi connectivity index (χ3v) is 5.94. The number of esters is 3. The number of hydrogen-bond donors (Lipinski definition) is 0. The molecule has 2 atom stereocenters. The molecule has 1 rings (SSSR count). The lowest BCUT2D eigenvalue weighted by Crippen LogP contribution is -2.39. The summed E-state index contributed by atoms with van der Waals surface area (Å²) in [4.78, 5) is 66.4. The molecule has 0 spiro atoms. The van der Waals surface area contributed by atoms with Crippen molar-refractivity contribution in [2.24, 2.45) is 11.8 Å². The van der Waals surface area contributed by atoms with Crippen LogP contribution in [-0.2, 0) is 43.0 Å². The minimum atomic E-state index is -0.722. The van der Waals surface area contributed by atoms with Gasteiger partial charge in [-0.2, -0.15) is 23.5 Å². The highest BCUT2D eigenvalue weighted by Crippen LogP contribution is 2.30. The highest BCUT2D eigenvalue weighted by molar-refractivity contribution is 7.98. The van der Waals surface area contributed by atoms with E-state index in [9.17, 15) is 28.8 Å². The molecule has 1 fully saturated rings. The molecule has 212 valence electrons. The summed E-state index contributed by atoms with van der Waals surface area (Å²) in [6.07, 6.45) is 9.20. The van der Waals surface area contributed by atoms with Crippen molar-refractivity contribution < 1.29 is 43.0 Å². The molecule has 37 heavy (non-hydrogen) atoms. The number of thioether (sulfide) groups is 2. The van der Waals surface area contributed by atoms with Gasteiger partial charge in [-0.25, -0.2) is 0 Å². The fourth-order valence-corrected chi connectivity index (χ4v) is 4.03. The van der Waals surface area contributed by atoms with E-state index in [1.165, 1.54) is 0 Å². The van der Waals surface area contributed by atoms with Crippen LogP contribution in [-0.4, -0.2) is 79.1 Å². The summed E-state index contributed by atoms with van der Waals surface area (Å²) in [5, 5.41) is 0. The zero-order chi connectivity index (χ0) is 28.6. The summed E-state index contributed by atoms with van der Waals surface area (Å²) in [6.45, 7) is 7.50. The van der Waals surface area contributed by atoms with E-state index in [1.54, 1.807) is 57.3 Å². The van der Waals surface area contributed by atoms with Crippen molar-refractivity contribution in [2.75, 3.05) is 43.8 Å². The summed E-state index contributed by atoms with van der Waals surface area (Å²) in [5.74, 6) is -0.670. The summed E-state index contributed by atoms with van der Waals surface area (Å²) >= 11 is 3.44. The lowest BCUT2D eigenvalue weighted by Gasteiger charge is -2.27. The fourth-order valence-electron chi connectivity index (χ4n) is 3.12. The largest absolute Gasteiger partial charge is 0.466 e. The molecule has 1 aliphatic rings. The Hall–Kier alpha value is -2.14. The Balaban J connectivity index is 0. The number of allylic oxidation sites excluding steroid dienone is 2. The zero-order valence-corrected chi connectivity index (χ0v) is 24.5. The van der Waals surface area contributed by atoms with Gasteiger partial charge in [0.15, 0.2) is 11.6 Å². The Morgan fingerprint density at radius 1 is 0.892 bits per heavy atom. The summed E-state index contributed by atoms with van der Waals surface area (Å²) in [6, 6.07) is 0. The van der Waals surface area contributed by atoms with E-state index in [0.717, 1.165) is 17.9 Å². The van der Waals surface area contributed by atoms with E-state index >= 15 is 0 Å². The Morgan fingerprint density at radius 3 is 1.89 bits per heavy atom. The molecule has 0 radical (unpaired) electrons. The molecule has 2 unspecified atom stereocenters. The van der Waals surface area contributed by atoms with Crippen LogP contribution in [0.3, 0.4) is 0 Å². The average molecular weight is 563 g/mol. The highest BCUT2D eigenvalue weighted by Gasteiger charge is 2.41. The van der Waals surface area contributed by atoms with Crippen LogP contribution in [0.5, 0.6) is 0 Å². The first-order valence-electron chi connectivity index (χ1n) is 12.2. The highest BCUT2D eigenvalue weighted by atomic mass is 32.2. The van der Waals surface area contributed by atoms with Crippen molar-refractivity contribution in [1.29, 1.82) is 0 Å². The van der Waals surface area contributed by atoms with E-state index in [2.05, 4.69) is 15.7 Å². The van der Waals surface area contributed by atoms with E-state index in [1.807, 2.05) is 12.3 Å². The van der Waals surface area contributed by atoms with Crippen LogP contribution in [0.25, 0.3) is 0 Å². The fraction of sp³-hybridized carbons (Fsp3) is 0.692. The molecule has 0 bridgehead atoms. The number of rotatable bonds is 13. The van der Waals surface area contributed by atoms with Crippen molar-refractivity contribution in [3.63, 3.8) is 0 Å². The maximum Gasteiger partial charge on any atom is 0.317 e. The average Bonchev–Trinajstić information content (AvgIpc) is 2.81. The van der Waals surface area contributed by atoms with E-state index in [4.69, 9.17) is 4.74 Å². The van der Waals surface area contributed by atoms with Gasteiger partial charge in [-0.3, -0.25) is 28.8 Å². The Labute approximate surface area is 229 Å². The van der Waals surface area contributed by atoms with Crippen molar-refractivity contribution in [3.05, 3.63) is 12.2 Å². The van der Waals surface area contributed by atoms with Crippen LogP contribution in [0.15, 0.2) is 12.2 Å². The van der Waals surface area contributed by atoms with Gasteiger partial charge in [0.2, 0.25) is 0 Å². The number of ketones is 3. The van der Waals surface area contributed by atoms with E-state index in [-0.39, 0.29) is 55.9 Å². The van der Waals surface area contributed by atoms with Gasteiger partial charge in [-0.05, 0) is 76.5 Å². The SMILES string of the molecule is CCOC(=O)C1C(=O)CC(=O)CC1CCSC.CCOC(=O)CC(=O)OCC.CSCC/C=C/C(C)=O. The molecule has 1 aliphatic carbocycles. The molecule has 11 heteroatoms. The molecule has 0 aliphatic heterocycles. The Morgan fingerprint density at radius 2 is 1.43 bits per heavy atom. The third-order valence-electron chi connectivity index (χ3n) is 4.65. The number of ether oxygens (including phenoxy) is 3. The summed E-state index contributed by atoms with van der Waals surface area (Å²) < 4.78 is 14.0. The third kappa shape index (κ3) is 20.6. The normalized spacial score (nSPS) is 16.6. The molecule has 0 aromatic rings. The van der Waals surface area contributed by atoms with Crippen LogP contribution in [0.1, 0.15) is 59.8 Å². The second-order valence-electron chi connectivity index (χ2n) is 7.74. The molecule has 0 aromatic carbocycles. The molecule has 0 N–H and O–H groups in total. The first kappa shape index (κ1) is 37.0. The minimum absolute atomic E-state index is 0.0540. The lowest BCUT2D eigenvalue weighted by molar-refractivity contribution is -0.157. The number of carbonyl (C=O) groups is 6. The van der Waals surface area contributed by atoms with Gasteiger partial charge in [-0.1, -0.05) is 6.08 Å². The van der Waals surface area contributed by atoms with Gasteiger partial charge in [-0.15, -0.1) is 0 Å². The van der Waals surface area contributed by atoms with Crippen LogP contribution >= 0.6 is 23.5 Å². The number of Topliss-reactive ketones (excluding diaryl/α,β-unsaturated/α-hetero) is 2. The topological polar surface area (TPSA) is 130 Å². The second kappa shape index (κ2) is 24.2. The molecule has 1 saturated carbocycles. The van der Waals surface area contributed by atoms with Gasteiger partial charge in [0.1, 0.15) is 18.1 Å². The maximum atomic E-state index is 11.8. The van der Waals surface area contributed by atoms with Gasteiger partial charge in [0, 0.05) is 6.42 Å². The van der Waals surface area contributed by atoms with Gasteiger partial charge >= 0.3 is 17.9 Å². The van der Waals surface area contributed by atoms with Crippen LogP contribution in [0.2, 0.25) is 0 Å². The standard InChI is InChI=1S/C12H18O4S.C7H12O4.C7H12OS/c1-3-16-12(15)11-8(4-5-17-2)6-9(13)7-10(11)14;1-3-10-6(8)5-7(9)11-4-2;1-7(8)5-3-4-6-9-2/h8,11H,3-7H2,1-2H3;3-5H2,1-2H3;3,5H,4,6H2,1-2H3/b;;5-3+. The van der Waals surface area contributed by atoms with E-state index in [0.29, 0.717) is 12.8 Å². The molecule has 0 saturated heterocycles. The van der Waals surface area contributed by atoms with Gasteiger partial charge < -0.3 is 14.2 Å². The van der Waals surface area contributed by atoms with E-state index < -0.39 is 23.8 Å². The van der Waals surface area contributed by atoms with Gasteiger partial charge in [0.25, 0.3) is 0 Å². The van der Waals surface area contributed by atoms with Crippen molar-refractivity contribution in [3.8, 4) is 0 Å². The second-order valence-corrected chi connectivity index (χ2v) is 9.71. The molecular formula is C26H42O9S2. The molecule has 0 amide bonds. The van der Waals surface area contributed by atoms with Crippen molar-refractivity contribution in [2.45, 2.75) is 59.8 Å². The molecule has 9 nitrogen and oxygen atoms in total. The zero-order valence-electron chi connectivity index (χ0n) is 22.9. The molecular weight excluding hydrogens is 520 g/mol. The first-order valence-corrected chi connectivity index (χ1v) is 15.0. The predicted molar refractivity (Wildman–Crippen MR) is 147 cm³/mol. The predicted octanol–water partition coefficient (Wildman–Crippen LogP) is 3.85. The Kier molecular flexibility index (Phi) is 24.2. The molecule has 0 heterocycles. The maximum absolute atomic E-state index is 11.8. The lowest BCUT2D eigenvalue weighted by atomic mass is 9.76. The number of carbonyl (C=O) groups excluding carboxylic acids is 6. The quantitative estimate of drug-likeness (QED) is 0.107. The van der Waals surface area contributed by atoms with Crippen LogP contribution in [0.4, 0.5) is 0 Å². The van der Waals surface area contributed by atoms with Crippen molar-refractivity contribution >= 4 is 58.8 Å². The van der Waals surface area contributed by atoms with Crippen LogP contribution < -0.4 is 0 Å². The van der Waals surface area contributed by atoms with Crippen LogP contribution in [0, 0.1) is 11.8 Å². The number of hydrogen-bond acceptors (Lipinski definition) is 11. The van der Waals surface area contributed by atoms with Gasteiger partial charge in [0.05, 0.1) is 26.2 Å². The first-order chi connectivity index (χ1) is 17.6. The van der Waals surface area contributed by atoms with Crippen molar-refractivity contribution in [1.82, 2.24) is 0 Å².